The number of rotatable bonds is 3. The largest absolute Gasteiger partial charge is 0.399 e. The molecule has 3 nitrogen and oxygen atoms in total. The van der Waals surface area contributed by atoms with Crippen molar-refractivity contribution in [2.24, 2.45) is 0 Å². The molecule has 0 unspecified atom stereocenters. The van der Waals surface area contributed by atoms with Gasteiger partial charge in [-0.05, 0) is 29.8 Å². The standard InChI is InChI=1S/C15H14F2N2O/c1-19(9-10-2-4-14(18)5-3-10)15(20)11-6-12(16)8-13(17)7-11/h2-8H,9,18H2,1H3. The zero-order valence-corrected chi connectivity index (χ0v) is 10.9. The Morgan fingerprint density at radius 2 is 1.65 bits per heavy atom. The van der Waals surface area contributed by atoms with Crippen molar-refractivity contribution in [3.05, 3.63) is 65.2 Å². The van der Waals surface area contributed by atoms with E-state index in [1.807, 2.05) is 0 Å². The number of hydrogen-bond donors (Lipinski definition) is 1. The number of benzene rings is 2. The van der Waals surface area contributed by atoms with E-state index in [9.17, 15) is 13.6 Å². The van der Waals surface area contributed by atoms with Crippen LogP contribution in [0.5, 0.6) is 0 Å². The predicted octanol–water partition coefficient (Wildman–Crippen LogP) is 2.82. The SMILES string of the molecule is CN(Cc1ccc(N)cc1)C(=O)c1cc(F)cc(F)c1. The number of carbonyl (C=O) groups excluding carboxylic acids is 1. The Balaban J connectivity index is 2.14. The Morgan fingerprint density at radius 3 is 2.20 bits per heavy atom. The fraction of sp³-hybridized carbons (Fsp3) is 0.133. The van der Waals surface area contributed by atoms with Gasteiger partial charge in [-0.15, -0.1) is 0 Å². The first kappa shape index (κ1) is 14.0. The van der Waals surface area contributed by atoms with Crippen LogP contribution in [0.15, 0.2) is 42.5 Å². The van der Waals surface area contributed by atoms with Crippen LogP contribution in [0.4, 0.5) is 14.5 Å². The Morgan fingerprint density at radius 1 is 1.10 bits per heavy atom. The van der Waals surface area contributed by atoms with Gasteiger partial charge in [-0.1, -0.05) is 12.1 Å². The van der Waals surface area contributed by atoms with E-state index in [1.54, 1.807) is 31.3 Å². The summed E-state index contributed by atoms with van der Waals surface area (Å²) in [5, 5.41) is 0. The molecule has 0 spiro atoms. The molecule has 0 aliphatic carbocycles. The van der Waals surface area contributed by atoms with Gasteiger partial charge in [0.2, 0.25) is 0 Å². The molecule has 0 aliphatic heterocycles. The first-order chi connectivity index (χ1) is 9.45. The zero-order chi connectivity index (χ0) is 14.7. The molecule has 0 saturated carbocycles. The lowest BCUT2D eigenvalue weighted by Gasteiger charge is -2.17. The van der Waals surface area contributed by atoms with Crippen LogP contribution in [-0.2, 0) is 6.54 Å². The second-order valence-electron chi connectivity index (χ2n) is 4.56. The average Bonchev–Trinajstić information content (AvgIpc) is 2.39. The van der Waals surface area contributed by atoms with E-state index in [4.69, 9.17) is 5.73 Å². The molecule has 0 aromatic heterocycles. The van der Waals surface area contributed by atoms with Gasteiger partial charge in [-0.3, -0.25) is 4.79 Å². The number of carbonyl (C=O) groups is 1. The van der Waals surface area contributed by atoms with Crippen molar-refractivity contribution in [1.29, 1.82) is 0 Å². The summed E-state index contributed by atoms with van der Waals surface area (Å²) in [5.74, 6) is -1.98. The summed E-state index contributed by atoms with van der Waals surface area (Å²) in [6, 6.07) is 9.83. The van der Waals surface area contributed by atoms with Gasteiger partial charge in [0.05, 0.1) is 0 Å². The van der Waals surface area contributed by atoms with Crippen LogP contribution in [0, 0.1) is 11.6 Å². The number of nitrogens with zero attached hydrogens (tertiary/aromatic N) is 1. The third-order valence-electron chi connectivity index (χ3n) is 2.86. The summed E-state index contributed by atoms with van der Waals surface area (Å²) in [7, 11) is 1.57. The van der Waals surface area contributed by atoms with Gasteiger partial charge in [0.25, 0.3) is 5.91 Å². The Hall–Kier alpha value is -2.43. The number of nitrogen functional groups attached to an aromatic ring is 1. The minimum Gasteiger partial charge on any atom is -0.399 e. The van der Waals surface area contributed by atoms with Gasteiger partial charge in [0.1, 0.15) is 11.6 Å². The normalized spacial score (nSPS) is 10.3. The molecule has 0 fully saturated rings. The lowest BCUT2D eigenvalue weighted by molar-refractivity contribution is 0.0784. The minimum atomic E-state index is -0.769. The van der Waals surface area contributed by atoms with E-state index in [-0.39, 0.29) is 5.56 Å². The summed E-state index contributed by atoms with van der Waals surface area (Å²) in [5.41, 5.74) is 7.08. The van der Waals surface area contributed by atoms with E-state index in [0.29, 0.717) is 12.2 Å². The molecule has 104 valence electrons. The highest BCUT2D eigenvalue weighted by Crippen LogP contribution is 2.13. The maximum Gasteiger partial charge on any atom is 0.254 e. The summed E-state index contributed by atoms with van der Waals surface area (Å²) < 4.78 is 26.2. The predicted molar refractivity (Wildman–Crippen MR) is 73.0 cm³/mol. The van der Waals surface area contributed by atoms with Crippen LogP contribution in [0.25, 0.3) is 0 Å². The van der Waals surface area contributed by atoms with Gasteiger partial charge >= 0.3 is 0 Å². The van der Waals surface area contributed by atoms with Crippen LogP contribution in [0.2, 0.25) is 0 Å². The van der Waals surface area contributed by atoms with Crippen molar-refractivity contribution in [3.8, 4) is 0 Å². The van der Waals surface area contributed by atoms with Crippen molar-refractivity contribution < 1.29 is 13.6 Å². The second-order valence-corrected chi connectivity index (χ2v) is 4.56. The molecule has 2 rings (SSSR count). The Labute approximate surface area is 115 Å². The summed E-state index contributed by atoms with van der Waals surface area (Å²) in [4.78, 5) is 13.5. The molecule has 2 aromatic carbocycles. The topological polar surface area (TPSA) is 46.3 Å². The van der Waals surface area contributed by atoms with Gasteiger partial charge in [-0.25, -0.2) is 8.78 Å². The monoisotopic (exact) mass is 276 g/mol. The average molecular weight is 276 g/mol. The number of hydrogen-bond acceptors (Lipinski definition) is 2. The molecule has 2 N–H and O–H groups in total. The molecule has 5 heteroatoms. The van der Waals surface area contributed by atoms with Gasteiger partial charge < -0.3 is 10.6 Å². The Bertz CT molecular complexity index is 606. The molecule has 0 saturated heterocycles. The van der Waals surface area contributed by atoms with Crippen LogP contribution < -0.4 is 5.73 Å². The minimum absolute atomic E-state index is 0.0135. The molecule has 0 aliphatic rings. The zero-order valence-electron chi connectivity index (χ0n) is 10.9. The maximum absolute atomic E-state index is 13.1. The first-order valence-electron chi connectivity index (χ1n) is 6.01. The molecule has 1 amide bonds. The highest BCUT2D eigenvalue weighted by molar-refractivity contribution is 5.94. The van der Waals surface area contributed by atoms with Crippen LogP contribution in [0.1, 0.15) is 15.9 Å². The van der Waals surface area contributed by atoms with E-state index < -0.39 is 17.5 Å². The summed E-state index contributed by atoms with van der Waals surface area (Å²) in [6.45, 7) is 0.331. The van der Waals surface area contributed by atoms with Crippen molar-refractivity contribution in [1.82, 2.24) is 4.90 Å². The number of amides is 1. The summed E-state index contributed by atoms with van der Waals surface area (Å²) in [6.07, 6.45) is 0. The highest BCUT2D eigenvalue weighted by Gasteiger charge is 2.14. The quantitative estimate of drug-likeness (QED) is 0.876. The summed E-state index contributed by atoms with van der Waals surface area (Å²) >= 11 is 0. The van der Waals surface area contributed by atoms with E-state index >= 15 is 0 Å². The molecular weight excluding hydrogens is 262 g/mol. The van der Waals surface area contributed by atoms with E-state index in [1.165, 1.54) is 4.90 Å². The maximum atomic E-state index is 13.1. The van der Waals surface area contributed by atoms with Crippen molar-refractivity contribution >= 4 is 11.6 Å². The lowest BCUT2D eigenvalue weighted by atomic mass is 10.1. The van der Waals surface area contributed by atoms with Crippen molar-refractivity contribution in [2.45, 2.75) is 6.54 Å². The van der Waals surface area contributed by atoms with E-state index in [0.717, 1.165) is 23.8 Å². The van der Waals surface area contributed by atoms with E-state index in [2.05, 4.69) is 0 Å². The third-order valence-corrected chi connectivity index (χ3v) is 2.86. The third kappa shape index (κ3) is 3.32. The molecule has 20 heavy (non-hydrogen) atoms. The van der Waals surface area contributed by atoms with Gasteiger partial charge in [0, 0.05) is 30.9 Å². The fourth-order valence-corrected chi connectivity index (χ4v) is 1.87. The van der Waals surface area contributed by atoms with Crippen molar-refractivity contribution in [3.63, 3.8) is 0 Å². The lowest BCUT2D eigenvalue weighted by Crippen LogP contribution is -2.26. The number of anilines is 1. The Kier molecular flexibility index (Phi) is 3.98. The number of nitrogens with two attached hydrogens (primary N) is 1. The molecule has 0 atom stereocenters. The molecule has 0 bridgehead atoms. The molecule has 0 heterocycles. The van der Waals surface area contributed by atoms with Crippen LogP contribution in [-0.4, -0.2) is 17.9 Å². The second kappa shape index (κ2) is 5.69. The smallest absolute Gasteiger partial charge is 0.254 e. The van der Waals surface area contributed by atoms with Crippen molar-refractivity contribution in [2.75, 3.05) is 12.8 Å². The number of halogens is 2. The van der Waals surface area contributed by atoms with Gasteiger partial charge in [0.15, 0.2) is 0 Å². The molecule has 2 aromatic rings. The van der Waals surface area contributed by atoms with Gasteiger partial charge in [-0.2, -0.15) is 0 Å². The fourth-order valence-electron chi connectivity index (χ4n) is 1.87. The molecular formula is C15H14F2N2O. The molecule has 0 radical (unpaired) electrons. The van der Waals surface area contributed by atoms with Crippen LogP contribution >= 0.6 is 0 Å². The van der Waals surface area contributed by atoms with Crippen LogP contribution in [0.3, 0.4) is 0 Å². The first-order valence-corrected chi connectivity index (χ1v) is 6.01. The highest BCUT2D eigenvalue weighted by atomic mass is 19.1.